The van der Waals surface area contributed by atoms with Gasteiger partial charge < -0.3 is 9.64 Å². The minimum atomic E-state index is 0.386. The van der Waals surface area contributed by atoms with Crippen LogP contribution in [0.4, 0.5) is 0 Å². The van der Waals surface area contributed by atoms with E-state index in [4.69, 9.17) is 4.74 Å². The van der Waals surface area contributed by atoms with Crippen LogP contribution in [-0.2, 0) is 4.74 Å². The van der Waals surface area contributed by atoms with Crippen molar-refractivity contribution < 1.29 is 4.74 Å². The molecule has 0 bridgehead atoms. The summed E-state index contributed by atoms with van der Waals surface area (Å²) in [5.74, 6) is 0.769. The Balaban J connectivity index is 2.14. The van der Waals surface area contributed by atoms with Crippen molar-refractivity contribution in [3.05, 3.63) is 0 Å². The van der Waals surface area contributed by atoms with Gasteiger partial charge in [-0.1, -0.05) is 13.8 Å². The average Bonchev–Trinajstić information content (AvgIpc) is 1.93. The van der Waals surface area contributed by atoms with Crippen molar-refractivity contribution in [2.75, 3.05) is 13.6 Å². The molecule has 0 amide bonds. The highest BCUT2D eigenvalue weighted by Crippen LogP contribution is 2.28. The molecular formula is C12H25NO. The average molecular weight is 199 g/mol. The predicted molar refractivity (Wildman–Crippen MR) is 60.5 cm³/mol. The van der Waals surface area contributed by atoms with Crippen LogP contribution in [-0.4, -0.2) is 36.7 Å². The maximum absolute atomic E-state index is 5.74. The Bertz CT molecular complexity index is 162. The molecule has 0 aliphatic heterocycles. The third-order valence-corrected chi connectivity index (χ3v) is 2.81. The van der Waals surface area contributed by atoms with Crippen molar-refractivity contribution in [3.8, 4) is 0 Å². The zero-order chi connectivity index (χ0) is 10.7. The van der Waals surface area contributed by atoms with Crippen LogP contribution in [0, 0.1) is 5.92 Å². The van der Waals surface area contributed by atoms with Gasteiger partial charge in [0.25, 0.3) is 0 Å². The van der Waals surface area contributed by atoms with Crippen molar-refractivity contribution in [1.82, 2.24) is 4.90 Å². The molecule has 1 aliphatic rings. The van der Waals surface area contributed by atoms with E-state index in [1.807, 2.05) is 0 Å². The van der Waals surface area contributed by atoms with Crippen LogP contribution < -0.4 is 0 Å². The topological polar surface area (TPSA) is 12.5 Å². The molecule has 0 aromatic heterocycles. The molecule has 84 valence electrons. The van der Waals surface area contributed by atoms with E-state index < -0.39 is 0 Å². The molecule has 2 nitrogen and oxygen atoms in total. The van der Waals surface area contributed by atoms with Crippen molar-refractivity contribution in [3.63, 3.8) is 0 Å². The second-order valence-electron chi connectivity index (χ2n) is 5.27. The van der Waals surface area contributed by atoms with Crippen LogP contribution >= 0.6 is 0 Å². The summed E-state index contributed by atoms with van der Waals surface area (Å²) in [6, 6.07) is 0.765. The molecule has 0 spiro atoms. The molecule has 1 rings (SSSR count). The van der Waals surface area contributed by atoms with E-state index in [9.17, 15) is 0 Å². The molecule has 14 heavy (non-hydrogen) atoms. The Labute approximate surface area is 88.6 Å². The summed E-state index contributed by atoms with van der Waals surface area (Å²) < 4.78 is 5.74. The van der Waals surface area contributed by atoms with E-state index in [0.717, 1.165) is 12.0 Å². The lowest BCUT2D eigenvalue weighted by Gasteiger charge is -2.42. The van der Waals surface area contributed by atoms with E-state index in [1.54, 1.807) is 0 Å². The second-order valence-corrected chi connectivity index (χ2v) is 5.27. The molecule has 0 radical (unpaired) electrons. The zero-order valence-corrected chi connectivity index (χ0v) is 10.3. The van der Waals surface area contributed by atoms with Crippen molar-refractivity contribution in [1.29, 1.82) is 0 Å². The maximum Gasteiger partial charge on any atom is 0.0608 e. The van der Waals surface area contributed by atoms with Gasteiger partial charge in [-0.05, 0) is 39.7 Å². The van der Waals surface area contributed by atoms with Gasteiger partial charge in [0.1, 0.15) is 0 Å². The summed E-state index contributed by atoms with van der Waals surface area (Å²) >= 11 is 0. The zero-order valence-electron chi connectivity index (χ0n) is 10.3. The summed E-state index contributed by atoms with van der Waals surface area (Å²) in [5.41, 5.74) is 0. The highest BCUT2D eigenvalue weighted by molar-refractivity contribution is 4.87. The molecule has 1 saturated carbocycles. The second kappa shape index (κ2) is 5.13. The van der Waals surface area contributed by atoms with Gasteiger partial charge in [-0.3, -0.25) is 0 Å². The first-order chi connectivity index (χ1) is 6.49. The molecule has 0 atom stereocenters. The molecular weight excluding hydrogens is 174 g/mol. The highest BCUT2D eigenvalue weighted by atomic mass is 16.5. The third-order valence-electron chi connectivity index (χ3n) is 2.81. The first-order valence-electron chi connectivity index (χ1n) is 5.84. The number of rotatable bonds is 5. The van der Waals surface area contributed by atoms with Crippen molar-refractivity contribution >= 4 is 0 Å². The van der Waals surface area contributed by atoms with E-state index >= 15 is 0 Å². The SMILES string of the molecule is CC(C)CN(C)[C@H]1C[C@H](OC(C)C)C1. The molecule has 0 N–H and O–H groups in total. The smallest absolute Gasteiger partial charge is 0.0608 e. The number of hydrogen-bond donors (Lipinski definition) is 0. The largest absolute Gasteiger partial charge is 0.375 e. The summed E-state index contributed by atoms with van der Waals surface area (Å²) in [6.07, 6.45) is 3.36. The van der Waals surface area contributed by atoms with Crippen LogP contribution in [0.1, 0.15) is 40.5 Å². The number of nitrogens with zero attached hydrogens (tertiary/aromatic N) is 1. The Morgan fingerprint density at radius 3 is 2.21 bits per heavy atom. The molecule has 0 aromatic rings. The lowest BCUT2D eigenvalue weighted by atomic mass is 9.87. The van der Waals surface area contributed by atoms with Gasteiger partial charge in [0.05, 0.1) is 12.2 Å². The van der Waals surface area contributed by atoms with E-state index in [-0.39, 0.29) is 0 Å². The summed E-state index contributed by atoms with van der Waals surface area (Å²) in [6.45, 7) is 9.99. The van der Waals surface area contributed by atoms with Gasteiger partial charge in [-0.25, -0.2) is 0 Å². The van der Waals surface area contributed by atoms with Crippen LogP contribution in [0.2, 0.25) is 0 Å². The minimum Gasteiger partial charge on any atom is -0.375 e. The third kappa shape index (κ3) is 3.58. The van der Waals surface area contributed by atoms with E-state index in [1.165, 1.54) is 19.4 Å². The van der Waals surface area contributed by atoms with Crippen LogP contribution in [0.15, 0.2) is 0 Å². The molecule has 0 unspecified atom stereocenters. The quantitative estimate of drug-likeness (QED) is 0.674. The van der Waals surface area contributed by atoms with Crippen LogP contribution in [0.5, 0.6) is 0 Å². The molecule has 0 saturated heterocycles. The Morgan fingerprint density at radius 2 is 1.79 bits per heavy atom. The summed E-state index contributed by atoms with van der Waals surface area (Å²) in [7, 11) is 2.23. The maximum atomic E-state index is 5.74. The molecule has 1 fully saturated rings. The van der Waals surface area contributed by atoms with E-state index in [0.29, 0.717) is 12.2 Å². The monoisotopic (exact) mass is 199 g/mol. The van der Waals surface area contributed by atoms with E-state index in [2.05, 4.69) is 39.6 Å². The van der Waals surface area contributed by atoms with Crippen molar-refractivity contribution in [2.24, 2.45) is 5.92 Å². The minimum absolute atomic E-state index is 0.386. The van der Waals surface area contributed by atoms with Crippen LogP contribution in [0.25, 0.3) is 0 Å². The highest BCUT2D eigenvalue weighted by Gasteiger charge is 2.33. The molecule has 1 aliphatic carbocycles. The fraction of sp³-hybridized carbons (Fsp3) is 1.00. The molecule has 0 aromatic carbocycles. The van der Waals surface area contributed by atoms with Gasteiger partial charge in [0, 0.05) is 12.6 Å². The normalized spacial score (nSPS) is 27.4. The van der Waals surface area contributed by atoms with Gasteiger partial charge in [-0.2, -0.15) is 0 Å². The van der Waals surface area contributed by atoms with Gasteiger partial charge in [0.15, 0.2) is 0 Å². The number of hydrogen-bond acceptors (Lipinski definition) is 2. The Hall–Kier alpha value is -0.0800. The van der Waals surface area contributed by atoms with Gasteiger partial charge in [0.2, 0.25) is 0 Å². The first-order valence-corrected chi connectivity index (χ1v) is 5.84. The first kappa shape index (κ1) is 12.0. The predicted octanol–water partition coefficient (Wildman–Crippen LogP) is 2.53. The fourth-order valence-electron chi connectivity index (χ4n) is 2.12. The lowest BCUT2D eigenvalue weighted by Crippen LogP contribution is -2.48. The molecule has 2 heteroatoms. The molecule has 0 heterocycles. The van der Waals surface area contributed by atoms with Crippen LogP contribution in [0.3, 0.4) is 0 Å². The van der Waals surface area contributed by atoms with Gasteiger partial charge in [-0.15, -0.1) is 0 Å². The summed E-state index contributed by atoms with van der Waals surface area (Å²) in [4.78, 5) is 2.48. The fourth-order valence-corrected chi connectivity index (χ4v) is 2.12. The summed E-state index contributed by atoms with van der Waals surface area (Å²) in [5, 5.41) is 0. The lowest BCUT2D eigenvalue weighted by molar-refractivity contribution is -0.0735. The van der Waals surface area contributed by atoms with Gasteiger partial charge >= 0.3 is 0 Å². The van der Waals surface area contributed by atoms with Crippen molar-refractivity contribution in [2.45, 2.75) is 58.8 Å². The Kier molecular flexibility index (Phi) is 4.39. The Morgan fingerprint density at radius 1 is 1.21 bits per heavy atom. The standard InChI is InChI=1S/C12H25NO/c1-9(2)8-13(5)11-6-12(7-11)14-10(3)4/h9-12H,6-8H2,1-5H3/t11-,12-. The number of ether oxygens (including phenoxy) is 1.